The van der Waals surface area contributed by atoms with E-state index in [0.717, 1.165) is 0 Å². The van der Waals surface area contributed by atoms with Gasteiger partial charge in [0.15, 0.2) is 23.2 Å². The van der Waals surface area contributed by atoms with E-state index in [1.54, 1.807) is 38.1 Å². The Morgan fingerprint density at radius 3 is 2.49 bits per heavy atom. The van der Waals surface area contributed by atoms with Crippen molar-refractivity contribution in [1.82, 2.24) is 19.5 Å². The lowest BCUT2D eigenvalue weighted by atomic mass is 10.1. The average Bonchev–Trinajstić information content (AvgIpc) is 3.38. The van der Waals surface area contributed by atoms with E-state index >= 15 is 0 Å². The Balaban J connectivity index is 1.43. The highest BCUT2D eigenvalue weighted by Crippen LogP contribution is 2.35. The van der Waals surface area contributed by atoms with Crippen LogP contribution in [0.4, 0.5) is 5.82 Å². The van der Waals surface area contributed by atoms with E-state index in [4.69, 9.17) is 24.7 Å². The van der Waals surface area contributed by atoms with Gasteiger partial charge in [-0.05, 0) is 38.1 Å². The van der Waals surface area contributed by atoms with Gasteiger partial charge in [-0.2, -0.15) is 4.98 Å². The molecule has 200 valence electrons. The normalized spacial score (nSPS) is 22.4. The monoisotopic (exact) mass is 519 g/mol. The number of anilines is 1. The standard InChI is InChI=1S/C23H29N5O9/c1-11(2)36-22(33)12-3-5-14(6-4-12)34-8-13(30)9-35-23-27-16-19(24)25-10-26-20(16)28(23)21-18(32)17(31)15(7-29)37-21/h3-6,10-11,13,15,17-18,21,29-32H,7-9H2,1-2H3,(H2,24,25,26)/t13?,15-,17-,18-,21-/m1/s1. The van der Waals surface area contributed by atoms with E-state index in [1.807, 2.05) is 0 Å². The van der Waals surface area contributed by atoms with Crippen LogP contribution < -0.4 is 15.2 Å². The molecule has 2 aromatic heterocycles. The van der Waals surface area contributed by atoms with Crippen LogP contribution in [-0.2, 0) is 9.47 Å². The molecule has 0 amide bonds. The zero-order valence-corrected chi connectivity index (χ0v) is 20.2. The predicted molar refractivity (Wildman–Crippen MR) is 127 cm³/mol. The smallest absolute Gasteiger partial charge is 0.338 e. The summed E-state index contributed by atoms with van der Waals surface area (Å²) in [6.45, 7) is 2.57. The second-order valence-corrected chi connectivity index (χ2v) is 8.68. The van der Waals surface area contributed by atoms with Gasteiger partial charge >= 0.3 is 12.0 Å². The number of ether oxygens (including phenoxy) is 4. The lowest BCUT2D eigenvalue weighted by Gasteiger charge is -2.20. The largest absolute Gasteiger partial charge is 0.491 e. The molecule has 6 N–H and O–H groups in total. The SMILES string of the molecule is CC(C)OC(=O)c1ccc(OCC(O)COc2nc3c(N)ncnc3n2[C@@H]2O[C@H](CO)[C@@H](O)[C@H]2O)cc1. The number of benzene rings is 1. The fourth-order valence-electron chi connectivity index (χ4n) is 3.71. The molecule has 1 aliphatic heterocycles. The first-order chi connectivity index (χ1) is 17.7. The molecular formula is C23H29N5O9. The maximum atomic E-state index is 11.9. The van der Waals surface area contributed by atoms with Gasteiger partial charge in [0.2, 0.25) is 0 Å². The average molecular weight is 520 g/mol. The minimum Gasteiger partial charge on any atom is -0.491 e. The summed E-state index contributed by atoms with van der Waals surface area (Å²) in [6, 6.07) is 6.15. The first-order valence-corrected chi connectivity index (χ1v) is 11.5. The molecule has 0 saturated carbocycles. The molecular weight excluding hydrogens is 490 g/mol. The first-order valence-electron chi connectivity index (χ1n) is 11.5. The lowest BCUT2D eigenvalue weighted by molar-refractivity contribution is -0.0554. The Bertz CT molecular complexity index is 1220. The van der Waals surface area contributed by atoms with Gasteiger partial charge in [-0.15, -0.1) is 0 Å². The third-order valence-corrected chi connectivity index (χ3v) is 5.52. The van der Waals surface area contributed by atoms with Gasteiger partial charge < -0.3 is 45.1 Å². The Hall–Kier alpha value is -3.56. The molecule has 0 radical (unpaired) electrons. The number of aliphatic hydroxyl groups excluding tert-OH is 4. The van der Waals surface area contributed by atoms with Crippen molar-refractivity contribution in [3.63, 3.8) is 0 Å². The molecule has 0 aliphatic carbocycles. The number of hydrogen-bond donors (Lipinski definition) is 5. The topological polar surface area (TPSA) is 205 Å². The molecule has 0 bridgehead atoms. The van der Waals surface area contributed by atoms with Gasteiger partial charge in [0, 0.05) is 0 Å². The zero-order valence-electron chi connectivity index (χ0n) is 20.2. The second kappa shape index (κ2) is 11.2. The van der Waals surface area contributed by atoms with E-state index in [2.05, 4.69) is 15.0 Å². The van der Waals surface area contributed by atoms with E-state index in [9.17, 15) is 25.2 Å². The number of rotatable bonds is 10. The molecule has 14 nitrogen and oxygen atoms in total. The molecule has 14 heteroatoms. The quantitative estimate of drug-likeness (QED) is 0.213. The van der Waals surface area contributed by atoms with Crippen LogP contribution in [0.25, 0.3) is 11.2 Å². The number of nitrogens with zero attached hydrogens (tertiary/aromatic N) is 4. The highest BCUT2D eigenvalue weighted by atomic mass is 16.6. The van der Waals surface area contributed by atoms with Gasteiger partial charge in [0.1, 0.15) is 49.7 Å². The van der Waals surface area contributed by atoms with Gasteiger partial charge in [-0.25, -0.2) is 19.3 Å². The van der Waals surface area contributed by atoms with Gasteiger partial charge in [-0.3, -0.25) is 0 Å². The molecule has 0 spiro atoms. The third-order valence-electron chi connectivity index (χ3n) is 5.52. The van der Waals surface area contributed by atoms with Crippen molar-refractivity contribution in [2.45, 2.75) is 50.6 Å². The molecule has 1 saturated heterocycles. The van der Waals surface area contributed by atoms with Crippen molar-refractivity contribution in [2.75, 3.05) is 25.6 Å². The first kappa shape index (κ1) is 26.5. The van der Waals surface area contributed by atoms with E-state index in [0.29, 0.717) is 11.3 Å². The Morgan fingerprint density at radius 1 is 1.14 bits per heavy atom. The molecule has 1 aliphatic rings. The second-order valence-electron chi connectivity index (χ2n) is 8.68. The Kier molecular flexibility index (Phi) is 8.04. The van der Waals surface area contributed by atoms with Crippen LogP contribution >= 0.6 is 0 Å². The fraction of sp³-hybridized carbons (Fsp3) is 0.478. The van der Waals surface area contributed by atoms with Crippen LogP contribution in [-0.4, -0.2) is 96.3 Å². The Morgan fingerprint density at radius 2 is 1.84 bits per heavy atom. The van der Waals surface area contributed by atoms with Crippen molar-refractivity contribution in [3.05, 3.63) is 36.2 Å². The van der Waals surface area contributed by atoms with Crippen LogP contribution in [0.15, 0.2) is 30.6 Å². The molecule has 3 heterocycles. The van der Waals surface area contributed by atoms with E-state index in [1.165, 1.54) is 10.9 Å². The van der Waals surface area contributed by atoms with Gasteiger partial charge in [0.05, 0.1) is 18.3 Å². The Labute approximate surface area is 211 Å². The van der Waals surface area contributed by atoms with Crippen LogP contribution in [0.1, 0.15) is 30.4 Å². The molecule has 4 rings (SSSR count). The number of aliphatic hydroxyl groups is 4. The van der Waals surface area contributed by atoms with E-state index < -0.39 is 43.2 Å². The summed E-state index contributed by atoms with van der Waals surface area (Å²) in [5.41, 5.74) is 6.60. The van der Waals surface area contributed by atoms with Gasteiger partial charge in [0.25, 0.3) is 0 Å². The molecule has 1 unspecified atom stereocenters. The predicted octanol–water partition coefficient (Wildman–Crippen LogP) is -0.596. The number of carbonyl (C=O) groups excluding carboxylic acids is 1. The van der Waals surface area contributed by atoms with Crippen molar-refractivity contribution in [1.29, 1.82) is 0 Å². The molecule has 37 heavy (non-hydrogen) atoms. The number of aromatic nitrogens is 4. The lowest BCUT2D eigenvalue weighted by Crippen LogP contribution is -2.33. The van der Waals surface area contributed by atoms with Crippen molar-refractivity contribution in [2.24, 2.45) is 0 Å². The summed E-state index contributed by atoms with van der Waals surface area (Å²) in [7, 11) is 0. The number of carbonyl (C=O) groups is 1. The van der Waals surface area contributed by atoms with Crippen molar-refractivity contribution in [3.8, 4) is 11.8 Å². The third kappa shape index (κ3) is 5.73. The number of fused-ring (bicyclic) bond motifs is 1. The summed E-state index contributed by atoms with van der Waals surface area (Å²) in [5, 5.41) is 40.5. The minimum absolute atomic E-state index is 0.0462. The molecule has 1 aromatic carbocycles. The van der Waals surface area contributed by atoms with Crippen molar-refractivity contribution >= 4 is 23.0 Å². The van der Waals surface area contributed by atoms with Crippen LogP contribution in [0.5, 0.6) is 11.8 Å². The minimum atomic E-state index is -1.43. The number of nitrogen functional groups attached to an aromatic ring is 1. The highest BCUT2D eigenvalue weighted by Gasteiger charge is 2.45. The molecule has 5 atom stereocenters. The summed E-state index contributed by atoms with van der Waals surface area (Å²) in [6.07, 6.45) is -5.18. The highest BCUT2D eigenvalue weighted by molar-refractivity contribution is 5.89. The maximum Gasteiger partial charge on any atom is 0.338 e. The summed E-state index contributed by atoms with van der Waals surface area (Å²) in [5.74, 6) is 0.0179. The summed E-state index contributed by atoms with van der Waals surface area (Å²) < 4.78 is 23.3. The maximum absolute atomic E-state index is 11.9. The number of esters is 1. The fourth-order valence-corrected chi connectivity index (χ4v) is 3.71. The van der Waals surface area contributed by atoms with Crippen LogP contribution in [0, 0.1) is 0 Å². The molecule has 1 fully saturated rings. The van der Waals surface area contributed by atoms with Gasteiger partial charge in [-0.1, -0.05) is 0 Å². The number of nitrogens with two attached hydrogens (primary N) is 1. The summed E-state index contributed by atoms with van der Waals surface area (Å²) >= 11 is 0. The molecule has 3 aromatic rings. The van der Waals surface area contributed by atoms with E-state index in [-0.39, 0.29) is 42.3 Å². The van der Waals surface area contributed by atoms with Crippen LogP contribution in [0.3, 0.4) is 0 Å². The zero-order chi connectivity index (χ0) is 26.7. The summed E-state index contributed by atoms with van der Waals surface area (Å²) in [4.78, 5) is 24.2. The van der Waals surface area contributed by atoms with Crippen molar-refractivity contribution < 1.29 is 44.2 Å². The number of hydrogen-bond acceptors (Lipinski definition) is 13. The number of imidazole rings is 1. The van der Waals surface area contributed by atoms with Crippen LogP contribution in [0.2, 0.25) is 0 Å².